The van der Waals surface area contributed by atoms with Gasteiger partial charge in [-0.25, -0.2) is 0 Å². The van der Waals surface area contributed by atoms with Gasteiger partial charge in [-0.05, 0) is 0 Å². The zero-order valence-corrected chi connectivity index (χ0v) is 6.96. The first-order valence-corrected chi connectivity index (χ1v) is 3.91. The van der Waals surface area contributed by atoms with Gasteiger partial charge in [-0.3, -0.25) is 9.59 Å². The van der Waals surface area contributed by atoms with Gasteiger partial charge in [0.05, 0.1) is 12.1 Å². The number of rotatable bonds is 3. The lowest BCUT2D eigenvalue weighted by molar-refractivity contribution is -0.120. The van der Waals surface area contributed by atoms with Crippen molar-refractivity contribution in [2.24, 2.45) is 0 Å². The van der Waals surface area contributed by atoms with Crippen molar-refractivity contribution in [1.29, 1.82) is 0 Å². The van der Waals surface area contributed by atoms with Crippen molar-refractivity contribution >= 4 is 12.3 Å². The maximum atomic E-state index is 10.7. The molecule has 1 aliphatic heterocycles. The largest absolute Gasteiger partial charge is 0.353 e. The summed E-state index contributed by atoms with van der Waals surface area (Å²) in [4.78, 5) is 20.8. The van der Waals surface area contributed by atoms with E-state index >= 15 is 0 Å². The molecule has 1 rings (SSSR count). The first-order valence-electron chi connectivity index (χ1n) is 3.91. The number of carbonyl (C=O) groups excluding carboxylic acids is 2. The summed E-state index contributed by atoms with van der Waals surface area (Å²) in [6.45, 7) is 2.89. The Balaban J connectivity index is 2.40. The third-order valence-corrected chi connectivity index (χ3v) is 1.88. The predicted molar refractivity (Wildman–Crippen MR) is 43.5 cm³/mol. The monoisotopic (exact) mass is 171 g/mol. The lowest BCUT2D eigenvalue weighted by atomic mass is 10.2. The van der Waals surface area contributed by atoms with Gasteiger partial charge in [0.25, 0.3) is 0 Å². The third-order valence-electron chi connectivity index (χ3n) is 1.88. The Morgan fingerprint density at radius 2 is 2.17 bits per heavy atom. The molecule has 1 fully saturated rings. The Labute approximate surface area is 70.9 Å². The molecule has 2 amide bonds. The van der Waals surface area contributed by atoms with Crippen LogP contribution < -0.4 is 16.0 Å². The van der Waals surface area contributed by atoms with Crippen LogP contribution in [0, 0.1) is 0 Å². The van der Waals surface area contributed by atoms with Crippen molar-refractivity contribution in [1.82, 2.24) is 16.0 Å². The van der Waals surface area contributed by atoms with E-state index in [1.165, 1.54) is 6.92 Å². The van der Waals surface area contributed by atoms with Crippen LogP contribution in [-0.2, 0) is 9.59 Å². The van der Waals surface area contributed by atoms with Crippen molar-refractivity contribution in [3.8, 4) is 0 Å². The molecule has 68 valence electrons. The van der Waals surface area contributed by atoms with Crippen molar-refractivity contribution in [2.75, 3.05) is 13.1 Å². The van der Waals surface area contributed by atoms with Gasteiger partial charge in [-0.2, -0.15) is 0 Å². The molecule has 5 nitrogen and oxygen atoms in total. The fourth-order valence-corrected chi connectivity index (χ4v) is 1.35. The molecule has 2 atom stereocenters. The van der Waals surface area contributed by atoms with Gasteiger partial charge >= 0.3 is 0 Å². The van der Waals surface area contributed by atoms with Gasteiger partial charge in [-0.15, -0.1) is 0 Å². The molecule has 12 heavy (non-hydrogen) atoms. The fourth-order valence-electron chi connectivity index (χ4n) is 1.35. The normalized spacial score (nSPS) is 28.1. The van der Waals surface area contributed by atoms with E-state index in [9.17, 15) is 9.59 Å². The van der Waals surface area contributed by atoms with Crippen LogP contribution in [-0.4, -0.2) is 37.5 Å². The van der Waals surface area contributed by atoms with E-state index in [0.29, 0.717) is 19.5 Å². The Hall–Kier alpha value is -1.10. The maximum Gasteiger partial charge on any atom is 0.217 e. The molecular weight excluding hydrogens is 158 g/mol. The molecule has 5 heteroatoms. The molecule has 1 aliphatic rings. The highest BCUT2D eigenvalue weighted by Crippen LogP contribution is 1.98. The molecule has 0 aromatic rings. The molecule has 3 N–H and O–H groups in total. The first kappa shape index (κ1) is 8.99. The average Bonchev–Trinajstić information content (AvgIpc) is 2.37. The molecular formula is C7H13N3O2. The second-order valence-corrected chi connectivity index (χ2v) is 2.86. The van der Waals surface area contributed by atoms with E-state index < -0.39 is 0 Å². The standard InChI is InChI=1S/C7H13N3O2/c1-5(12)10-7-3-8-2-6(7)9-4-11/h4,6-8H,2-3H2,1H3,(H,9,11)(H,10,12). The van der Waals surface area contributed by atoms with E-state index in [1.807, 2.05) is 0 Å². The molecule has 0 aromatic heterocycles. The van der Waals surface area contributed by atoms with E-state index in [1.54, 1.807) is 0 Å². The minimum absolute atomic E-state index is 0.0198. The minimum atomic E-state index is -0.0681. The molecule has 2 unspecified atom stereocenters. The number of hydrogen-bond acceptors (Lipinski definition) is 3. The highest BCUT2D eigenvalue weighted by molar-refractivity contribution is 5.73. The summed E-state index contributed by atoms with van der Waals surface area (Å²) in [5.41, 5.74) is 0. The van der Waals surface area contributed by atoms with Crippen LogP contribution in [0.4, 0.5) is 0 Å². The van der Waals surface area contributed by atoms with Crippen molar-refractivity contribution in [2.45, 2.75) is 19.0 Å². The van der Waals surface area contributed by atoms with Crippen molar-refractivity contribution < 1.29 is 9.59 Å². The molecule has 0 spiro atoms. The Morgan fingerprint density at radius 1 is 1.50 bits per heavy atom. The maximum absolute atomic E-state index is 10.7. The molecule has 0 radical (unpaired) electrons. The van der Waals surface area contributed by atoms with E-state index in [4.69, 9.17) is 0 Å². The summed E-state index contributed by atoms with van der Waals surface area (Å²) in [5, 5.41) is 8.47. The van der Waals surface area contributed by atoms with Gasteiger partial charge in [0.1, 0.15) is 0 Å². The van der Waals surface area contributed by atoms with Crippen LogP contribution in [0.3, 0.4) is 0 Å². The molecule has 0 aromatic carbocycles. The summed E-state index contributed by atoms with van der Waals surface area (Å²) in [6, 6.07) is 0.0408. The smallest absolute Gasteiger partial charge is 0.217 e. The second-order valence-electron chi connectivity index (χ2n) is 2.86. The van der Waals surface area contributed by atoms with E-state index in [-0.39, 0.29) is 18.0 Å². The summed E-state index contributed by atoms with van der Waals surface area (Å²) in [6.07, 6.45) is 0.659. The third kappa shape index (κ3) is 2.20. The molecule has 0 bridgehead atoms. The van der Waals surface area contributed by atoms with Crippen LogP contribution in [0.15, 0.2) is 0 Å². The van der Waals surface area contributed by atoms with Crippen LogP contribution in [0.5, 0.6) is 0 Å². The van der Waals surface area contributed by atoms with Crippen LogP contribution >= 0.6 is 0 Å². The number of hydrogen-bond donors (Lipinski definition) is 3. The van der Waals surface area contributed by atoms with E-state index in [2.05, 4.69) is 16.0 Å². The summed E-state index contributed by atoms with van der Waals surface area (Å²) in [5.74, 6) is -0.0681. The first-order chi connectivity index (χ1) is 5.74. The Morgan fingerprint density at radius 3 is 2.75 bits per heavy atom. The topological polar surface area (TPSA) is 70.2 Å². The minimum Gasteiger partial charge on any atom is -0.353 e. The lowest BCUT2D eigenvalue weighted by Gasteiger charge is -2.17. The SMILES string of the molecule is CC(=O)NC1CNCC1NC=O. The molecule has 0 aliphatic carbocycles. The van der Waals surface area contributed by atoms with Gasteiger partial charge in [-0.1, -0.05) is 0 Å². The number of carbonyl (C=O) groups is 2. The van der Waals surface area contributed by atoms with Crippen LogP contribution in [0.2, 0.25) is 0 Å². The average molecular weight is 171 g/mol. The molecule has 0 saturated carbocycles. The molecule has 1 heterocycles. The van der Waals surface area contributed by atoms with Crippen LogP contribution in [0.1, 0.15) is 6.92 Å². The Kier molecular flexibility index (Phi) is 3.04. The van der Waals surface area contributed by atoms with Gasteiger partial charge in [0, 0.05) is 20.0 Å². The number of nitrogens with one attached hydrogen (secondary N) is 3. The highest BCUT2D eigenvalue weighted by Gasteiger charge is 2.26. The number of amides is 2. The predicted octanol–water partition coefficient (Wildman–Crippen LogP) is -1.79. The quantitative estimate of drug-likeness (QED) is 0.439. The zero-order chi connectivity index (χ0) is 8.97. The fraction of sp³-hybridized carbons (Fsp3) is 0.714. The van der Waals surface area contributed by atoms with Crippen molar-refractivity contribution in [3.63, 3.8) is 0 Å². The second kappa shape index (κ2) is 4.06. The van der Waals surface area contributed by atoms with Gasteiger partial charge in [0.15, 0.2) is 0 Å². The highest BCUT2D eigenvalue weighted by atomic mass is 16.1. The summed E-state index contributed by atoms with van der Waals surface area (Å²) >= 11 is 0. The van der Waals surface area contributed by atoms with Gasteiger partial charge in [0.2, 0.25) is 12.3 Å². The van der Waals surface area contributed by atoms with Crippen molar-refractivity contribution in [3.05, 3.63) is 0 Å². The summed E-state index contributed by atoms with van der Waals surface area (Å²) in [7, 11) is 0. The Bertz CT molecular complexity index is 183. The zero-order valence-electron chi connectivity index (χ0n) is 6.96. The summed E-state index contributed by atoms with van der Waals surface area (Å²) < 4.78 is 0. The van der Waals surface area contributed by atoms with E-state index in [0.717, 1.165) is 0 Å². The lowest BCUT2D eigenvalue weighted by Crippen LogP contribution is -2.48. The molecule has 1 saturated heterocycles. The van der Waals surface area contributed by atoms with Gasteiger partial charge < -0.3 is 16.0 Å². The van der Waals surface area contributed by atoms with Crippen LogP contribution in [0.25, 0.3) is 0 Å².